The highest BCUT2D eigenvalue weighted by molar-refractivity contribution is 7.81. The minimum atomic E-state index is -2.04. The van der Waals surface area contributed by atoms with E-state index in [2.05, 4.69) is 12.6 Å². The van der Waals surface area contributed by atoms with E-state index in [-0.39, 0.29) is 0 Å². The third-order valence-electron chi connectivity index (χ3n) is 2.04. The fourth-order valence-electron chi connectivity index (χ4n) is 1.17. The Bertz CT molecular complexity index is 188. The van der Waals surface area contributed by atoms with Crippen molar-refractivity contribution in [2.75, 3.05) is 6.61 Å². The molecule has 0 aromatic rings. The van der Waals surface area contributed by atoms with Crippen molar-refractivity contribution in [2.24, 2.45) is 5.73 Å². The Morgan fingerprint density at radius 2 is 1.92 bits per heavy atom. The van der Waals surface area contributed by atoms with E-state index in [1.807, 2.05) is 0 Å². The third kappa shape index (κ3) is 1.96. The normalized spacial score (nSPS) is 52.2. The van der Waals surface area contributed by atoms with Gasteiger partial charge in [-0.3, -0.25) is 0 Å². The molecule has 1 heterocycles. The van der Waals surface area contributed by atoms with Gasteiger partial charge in [-0.25, -0.2) is 0 Å². The number of aliphatic hydroxyl groups is 4. The predicted octanol–water partition coefficient (Wildman–Crippen LogP) is -3.00. The number of ether oxygens (including phenoxy) is 1. The molecule has 0 saturated carbocycles. The van der Waals surface area contributed by atoms with Gasteiger partial charge in [0.05, 0.1) is 12.6 Å². The number of aliphatic hydroxyl groups excluding tert-OH is 3. The number of thiol groups is 1. The van der Waals surface area contributed by atoms with E-state index in [0.717, 1.165) is 0 Å². The van der Waals surface area contributed by atoms with Crippen LogP contribution < -0.4 is 5.73 Å². The van der Waals surface area contributed by atoms with Gasteiger partial charge in [0.1, 0.15) is 18.3 Å². The van der Waals surface area contributed by atoms with Crippen molar-refractivity contribution in [3.63, 3.8) is 0 Å². The van der Waals surface area contributed by atoms with Crippen LogP contribution >= 0.6 is 12.6 Å². The molecular weight excluding hydrogens is 198 g/mol. The lowest BCUT2D eigenvalue weighted by Crippen LogP contribution is -2.66. The summed E-state index contributed by atoms with van der Waals surface area (Å²) in [6, 6.07) is -1.23. The molecule has 78 valence electrons. The van der Waals surface area contributed by atoms with Gasteiger partial charge >= 0.3 is 0 Å². The quantitative estimate of drug-likeness (QED) is 0.203. The lowest BCUT2D eigenvalue weighted by Gasteiger charge is -2.43. The van der Waals surface area contributed by atoms with Crippen LogP contribution in [0.4, 0.5) is 0 Å². The highest BCUT2D eigenvalue weighted by Crippen LogP contribution is 2.29. The summed E-state index contributed by atoms with van der Waals surface area (Å²) in [5.41, 5.74) is 5.32. The first-order valence-corrected chi connectivity index (χ1v) is 4.20. The maximum atomic E-state index is 9.37. The highest BCUT2D eigenvalue weighted by Gasteiger charge is 2.49. The molecule has 0 spiro atoms. The van der Waals surface area contributed by atoms with Crippen LogP contribution in [0.1, 0.15) is 0 Å². The van der Waals surface area contributed by atoms with Crippen molar-refractivity contribution in [3.8, 4) is 0 Å². The summed E-state index contributed by atoms with van der Waals surface area (Å²) in [6.07, 6.45) is -3.79. The van der Waals surface area contributed by atoms with Crippen LogP contribution in [0.15, 0.2) is 0 Å². The summed E-state index contributed by atoms with van der Waals surface area (Å²) in [6.45, 7) is -0.534. The maximum Gasteiger partial charge on any atom is 0.231 e. The van der Waals surface area contributed by atoms with Crippen molar-refractivity contribution >= 4 is 12.6 Å². The van der Waals surface area contributed by atoms with Crippen molar-refractivity contribution in [2.45, 2.75) is 29.5 Å². The molecule has 13 heavy (non-hydrogen) atoms. The summed E-state index contributed by atoms with van der Waals surface area (Å²) in [4.78, 5) is 0. The van der Waals surface area contributed by atoms with Gasteiger partial charge in [0.25, 0.3) is 0 Å². The zero-order valence-corrected chi connectivity index (χ0v) is 7.63. The second kappa shape index (κ2) is 3.70. The van der Waals surface area contributed by atoms with Crippen LogP contribution in [0.2, 0.25) is 0 Å². The van der Waals surface area contributed by atoms with Crippen LogP contribution in [-0.4, -0.2) is 56.5 Å². The standard InChI is InChI=1S/C6H13NO5S/c7-5-4(10)3(9)2(1-8)12-6(5,11)13/h2-5,8-11,13H,1,7H2/t2-,3-,4+,5-,6?/m1/s1. The summed E-state index contributed by atoms with van der Waals surface area (Å²) >= 11 is 3.65. The van der Waals surface area contributed by atoms with Crippen molar-refractivity contribution in [3.05, 3.63) is 0 Å². The number of nitrogens with two attached hydrogens (primary N) is 1. The SMILES string of the molecule is N[C@@H]1[C@@H](O)[C@H](O)[C@@H](CO)OC1(O)S. The van der Waals surface area contributed by atoms with Crippen LogP contribution in [0.3, 0.4) is 0 Å². The van der Waals surface area contributed by atoms with E-state index in [1.54, 1.807) is 0 Å². The molecule has 1 rings (SSSR count). The second-order valence-corrected chi connectivity index (χ2v) is 3.65. The van der Waals surface area contributed by atoms with Gasteiger partial charge in [-0.15, -0.1) is 12.6 Å². The Labute approximate surface area is 80.3 Å². The van der Waals surface area contributed by atoms with Crippen molar-refractivity contribution in [1.29, 1.82) is 0 Å². The topological polar surface area (TPSA) is 116 Å². The van der Waals surface area contributed by atoms with E-state index < -0.39 is 36.1 Å². The van der Waals surface area contributed by atoms with Gasteiger partial charge in [0, 0.05) is 0 Å². The molecule has 1 fully saturated rings. The average Bonchev–Trinajstić information content (AvgIpc) is 2.08. The van der Waals surface area contributed by atoms with Crippen molar-refractivity contribution in [1.82, 2.24) is 0 Å². The van der Waals surface area contributed by atoms with Gasteiger partial charge in [-0.2, -0.15) is 0 Å². The smallest absolute Gasteiger partial charge is 0.231 e. The molecule has 5 atom stereocenters. The minimum absolute atomic E-state index is 0.534. The molecule has 1 unspecified atom stereocenters. The fraction of sp³-hybridized carbons (Fsp3) is 1.00. The lowest BCUT2D eigenvalue weighted by atomic mass is 9.98. The van der Waals surface area contributed by atoms with E-state index >= 15 is 0 Å². The molecule has 6 nitrogen and oxygen atoms in total. The van der Waals surface area contributed by atoms with Crippen LogP contribution in [-0.2, 0) is 4.74 Å². The number of hydrogen-bond acceptors (Lipinski definition) is 7. The first-order valence-electron chi connectivity index (χ1n) is 3.75. The summed E-state index contributed by atoms with van der Waals surface area (Å²) in [5, 5.41) is 34.6. The van der Waals surface area contributed by atoms with E-state index in [0.29, 0.717) is 0 Å². The molecule has 0 radical (unpaired) electrons. The molecule has 0 aromatic heterocycles. The molecule has 1 aliphatic rings. The highest BCUT2D eigenvalue weighted by atomic mass is 32.1. The molecule has 6 N–H and O–H groups in total. The average molecular weight is 211 g/mol. The van der Waals surface area contributed by atoms with Gasteiger partial charge in [0.2, 0.25) is 5.12 Å². The molecule has 1 saturated heterocycles. The van der Waals surface area contributed by atoms with Gasteiger partial charge in [-0.1, -0.05) is 0 Å². The Morgan fingerprint density at radius 1 is 1.38 bits per heavy atom. The molecule has 1 aliphatic heterocycles. The first kappa shape index (κ1) is 11.2. The van der Waals surface area contributed by atoms with Crippen LogP contribution in [0, 0.1) is 0 Å². The monoisotopic (exact) mass is 211 g/mol. The number of hydrogen-bond donors (Lipinski definition) is 6. The largest absolute Gasteiger partial charge is 0.394 e. The minimum Gasteiger partial charge on any atom is -0.394 e. The molecule has 0 amide bonds. The Morgan fingerprint density at radius 3 is 2.38 bits per heavy atom. The van der Waals surface area contributed by atoms with Gasteiger partial charge in [0.15, 0.2) is 0 Å². The second-order valence-electron chi connectivity index (χ2n) is 3.00. The molecule has 0 aromatic carbocycles. The Hall–Kier alpha value is 0.110. The Balaban J connectivity index is 2.79. The molecule has 7 heteroatoms. The number of rotatable bonds is 1. The zero-order chi connectivity index (χ0) is 10.2. The summed E-state index contributed by atoms with van der Waals surface area (Å²) < 4.78 is 4.75. The summed E-state index contributed by atoms with van der Waals surface area (Å²) in [7, 11) is 0. The fourth-order valence-corrected chi connectivity index (χ4v) is 1.46. The van der Waals surface area contributed by atoms with Gasteiger partial charge < -0.3 is 30.9 Å². The molecule has 0 aliphatic carbocycles. The third-order valence-corrected chi connectivity index (χ3v) is 2.44. The predicted molar refractivity (Wildman–Crippen MR) is 45.9 cm³/mol. The van der Waals surface area contributed by atoms with E-state index in [4.69, 9.17) is 15.6 Å². The Kier molecular flexibility index (Phi) is 3.18. The molecule has 0 bridgehead atoms. The van der Waals surface area contributed by atoms with E-state index in [9.17, 15) is 15.3 Å². The molecular formula is C6H13NO5S. The van der Waals surface area contributed by atoms with E-state index in [1.165, 1.54) is 0 Å². The van der Waals surface area contributed by atoms with Crippen LogP contribution in [0.25, 0.3) is 0 Å². The van der Waals surface area contributed by atoms with Crippen LogP contribution in [0.5, 0.6) is 0 Å². The van der Waals surface area contributed by atoms with Gasteiger partial charge in [-0.05, 0) is 0 Å². The first-order chi connectivity index (χ1) is 5.90. The maximum absolute atomic E-state index is 9.37. The zero-order valence-electron chi connectivity index (χ0n) is 6.74. The summed E-state index contributed by atoms with van der Waals surface area (Å²) in [5.74, 6) is 0. The van der Waals surface area contributed by atoms with Crippen molar-refractivity contribution < 1.29 is 25.2 Å². The lowest BCUT2D eigenvalue weighted by molar-refractivity contribution is -0.267.